The Morgan fingerprint density at radius 3 is 3.00 bits per heavy atom. The van der Waals surface area contributed by atoms with E-state index in [9.17, 15) is 4.79 Å². The summed E-state index contributed by atoms with van der Waals surface area (Å²) < 4.78 is 10.6. The molecule has 1 aromatic heterocycles. The molecule has 2 aromatic rings. The molecule has 0 saturated heterocycles. The van der Waals surface area contributed by atoms with Gasteiger partial charge in [-0.3, -0.25) is 0 Å². The standard InChI is InChI=1S/C10H7BrN2O4/c11-7-2-1-6(10(14)15)3-8(7)16-4-9-12-5-17-13-9/h1-3,5H,4H2,(H,14,15). The van der Waals surface area contributed by atoms with Gasteiger partial charge >= 0.3 is 5.97 Å². The van der Waals surface area contributed by atoms with Crippen molar-refractivity contribution in [3.8, 4) is 5.75 Å². The molecule has 2 rings (SSSR count). The van der Waals surface area contributed by atoms with E-state index in [-0.39, 0.29) is 12.2 Å². The summed E-state index contributed by atoms with van der Waals surface area (Å²) in [6.07, 6.45) is 1.20. The number of hydrogen-bond acceptors (Lipinski definition) is 5. The Kier molecular flexibility index (Phi) is 3.38. The highest BCUT2D eigenvalue weighted by atomic mass is 79.9. The molecule has 0 bridgehead atoms. The molecule has 0 unspecified atom stereocenters. The summed E-state index contributed by atoms with van der Waals surface area (Å²) in [4.78, 5) is 14.6. The molecule has 6 nitrogen and oxygen atoms in total. The number of benzene rings is 1. The molecular formula is C10H7BrN2O4. The van der Waals surface area contributed by atoms with E-state index in [4.69, 9.17) is 9.84 Å². The van der Waals surface area contributed by atoms with Crippen molar-refractivity contribution < 1.29 is 19.2 Å². The molecule has 0 aliphatic carbocycles. The molecular weight excluding hydrogens is 292 g/mol. The zero-order chi connectivity index (χ0) is 12.3. The first-order valence-electron chi connectivity index (χ1n) is 4.57. The average molecular weight is 299 g/mol. The lowest BCUT2D eigenvalue weighted by atomic mass is 10.2. The van der Waals surface area contributed by atoms with Crippen LogP contribution in [0.15, 0.2) is 33.6 Å². The normalized spacial score (nSPS) is 10.2. The van der Waals surface area contributed by atoms with Crippen molar-refractivity contribution in [1.29, 1.82) is 0 Å². The Labute approximate surface area is 104 Å². The van der Waals surface area contributed by atoms with Crippen LogP contribution in [0.4, 0.5) is 0 Å². The maximum atomic E-state index is 10.8. The molecule has 17 heavy (non-hydrogen) atoms. The van der Waals surface area contributed by atoms with Crippen molar-refractivity contribution in [2.75, 3.05) is 0 Å². The molecule has 1 heterocycles. The van der Waals surface area contributed by atoms with Crippen LogP contribution in [0.3, 0.4) is 0 Å². The Hall–Kier alpha value is -1.89. The zero-order valence-corrected chi connectivity index (χ0v) is 10.0. The number of rotatable bonds is 4. The summed E-state index contributed by atoms with van der Waals surface area (Å²) in [7, 11) is 0. The van der Waals surface area contributed by atoms with Crippen molar-refractivity contribution in [3.05, 3.63) is 40.5 Å². The van der Waals surface area contributed by atoms with Gasteiger partial charge in [-0.2, -0.15) is 4.98 Å². The van der Waals surface area contributed by atoms with E-state index >= 15 is 0 Å². The molecule has 0 saturated carbocycles. The van der Waals surface area contributed by atoms with Gasteiger partial charge in [0.15, 0.2) is 6.61 Å². The van der Waals surface area contributed by atoms with Gasteiger partial charge in [-0.25, -0.2) is 4.79 Å². The number of carboxylic acids is 1. The Morgan fingerprint density at radius 2 is 2.35 bits per heavy atom. The van der Waals surface area contributed by atoms with Crippen molar-refractivity contribution >= 4 is 21.9 Å². The van der Waals surface area contributed by atoms with Gasteiger partial charge < -0.3 is 14.4 Å². The van der Waals surface area contributed by atoms with Crippen molar-refractivity contribution in [2.24, 2.45) is 0 Å². The molecule has 1 aromatic carbocycles. The maximum Gasteiger partial charge on any atom is 0.335 e. The number of nitrogens with zero attached hydrogens (tertiary/aromatic N) is 2. The van der Waals surface area contributed by atoms with E-state index in [0.29, 0.717) is 16.0 Å². The third-order valence-corrected chi connectivity index (χ3v) is 2.60. The SMILES string of the molecule is O=C(O)c1ccc(Br)c(OCc2ncon2)c1. The number of halogens is 1. The molecule has 7 heteroatoms. The average Bonchev–Trinajstić information content (AvgIpc) is 2.80. The fraction of sp³-hybridized carbons (Fsp3) is 0.100. The fourth-order valence-corrected chi connectivity index (χ4v) is 1.51. The van der Waals surface area contributed by atoms with Gasteiger partial charge in [-0.05, 0) is 34.1 Å². The van der Waals surface area contributed by atoms with E-state index in [1.54, 1.807) is 6.07 Å². The van der Waals surface area contributed by atoms with Crippen LogP contribution in [-0.2, 0) is 6.61 Å². The predicted octanol–water partition coefficient (Wildman–Crippen LogP) is 2.11. The van der Waals surface area contributed by atoms with Crippen LogP contribution in [0.25, 0.3) is 0 Å². The first-order valence-corrected chi connectivity index (χ1v) is 5.37. The third-order valence-electron chi connectivity index (χ3n) is 1.94. The summed E-state index contributed by atoms with van der Waals surface area (Å²) in [5.74, 6) is -0.214. The second-order valence-electron chi connectivity index (χ2n) is 3.09. The van der Waals surface area contributed by atoms with Crippen LogP contribution in [0, 0.1) is 0 Å². The minimum absolute atomic E-state index is 0.109. The Morgan fingerprint density at radius 1 is 1.53 bits per heavy atom. The molecule has 0 aliphatic heterocycles. The van der Waals surface area contributed by atoms with E-state index in [0.717, 1.165) is 0 Å². The molecule has 0 fully saturated rings. The maximum absolute atomic E-state index is 10.8. The molecule has 88 valence electrons. The monoisotopic (exact) mass is 298 g/mol. The molecule has 0 atom stereocenters. The highest BCUT2D eigenvalue weighted by Gasteiger charge is 2.09. The predicted molar refractivity (Wildman–Crippen MR) is 59.7 cm³/mol. The van der Waals surface area contributed by atoms with Crippen LogP contribution in [0.5, 0.6) is 5.75 Å². The molecule has 0 spiro atoms. The van der Waals surface area contributed by atoms with E-state index in [2.05, 4.69) is 30.6 Å². The quantitative estimate of drug-likeness (QED) is 0.930. The third kappa shape index (κ3) is 2.82. The van der Waals surface area contributed by atoms with Crippen LogP contribution in [0.2, 0.25) is 0 Å². The lowest BCUT2D eigenvalue weighted by Crippen LogP contribution is -2.01. The summed E-state index contributed by atoms with van der Waals surface area (Å²) >= 11 is 3.26. The van der Waals surface area contributed by atoms with E-state index in [1.807, 2.05) is 0 Å². The van der Waals surface area contributed by atoms with Crippen LogP contribution in [-0.4, -0.2) is 21.2 Å². The number of aromatic carboxylic acids is 1. The molecule has 0 radical (unpaired) electrons. The number of hydrogen-bond donors (Lipinski definition) is 1. The fourth-order valence-electron chi connectivity index (χ4n) is 1.15. The largest absolute Gasteiger partial charge is 0.484 e. The second kappa shape index (κ2) is 4.96. The summed E-state index contributed by atoms with van der Waals surface area (Å²) in [6, 6.07) is 4.51. The van der Waals surface area contributed by atoms with Gasteiger partial charge in [0.2, 0.25) is 12.2 Å². The topological polar surface area (TPSA) is 85.5 Å². The van der Waals surface area contributed by atoms with Crippen LogP contribution in [0.1, 0.15) is 16.2 Å². The van der Waals surface area contributed by atoms with Gasteiger partial charge in [0.1, 0.15) is 5.75 Å². The van der Waals surface area contributed by atoms with E-state index in [1.165, 1.54) is 18.5 Å². The van der Waals surface area contributed by atoms with Gasteiger partial charge in [-0.1, -0.05) is 5.16 Å². The Bertz CT molecular complexity index is 527. The summed E-state index contributed by atoms with van der Waals surface area (Å²) in [6.45, 7) is 0.109. The van der Waals surface area contributed by atoms with Gasteiger partial charge in [0.25, 0.3) is 0 Å². The van der Waals surface area contributed by atoms with Crippen molar-refractivity contribution in [1.82, 2.24) is 10.1 Å². The van der Waals surface area contributed by atoms with Gasteiger partial charge in [0.05, 0.1) is 10.0 Å². The first kappa shape index (κ1) is 11.6. The number of carbonyl (C=O) groups is 1. The van der Waals surface area contributed by atoms with Crippen LogP contribution >= 0.6 is 15.9 Å². The molecule has 0 amide bonds. The smallest absolute Gasteiger partial charge is 0.335 e. The summed E-state index contributed by atoms with van der Waals surface area (Å²) in [5, 5.41) is 12.4. The van der Waals surface area contributed by atoms with E-state index < -0.39 is 5.97 Å². The summed E-state index contributed by atoms with van der Waals surface area (Å²) in [5.41, 5.74) is 0.149. The highest BCUT2D eigenvalue weighted by Crippen LogP contribution is 2.26. The number of carboxylic acid groups (broad SMARTS) is 1. The zero-order valence-electron chi connectivity index (χ0n) is 8.46. The van der Waals surface area contributed by atoms with Gasteiger partial charge in [0, 0.05) is 0 Å². The minimum Gasteiger partial charge on any atom is -0.484 e. The lowest BCUT2D eigenvalue weighted by Gasteiger charge is -2.06. The Balaban J connectivity index is 2.14. The van der Waals surface area contributed by atoms with Gasteiger partial charge in [-0.15, -0.1) is 0 Å². The number of aromatic nitrogens is 2. The highest BCUT2D eigenvalue weighted by molar-refractivity contribution is 9.10. The minimum atomic E-state index is -1.01. The number of ether oxygens (including phenoxy) is 1. The lowest BCUT2D eigenvalue weighted by molar-refractivity contribution is 0.0696. The molecule has 0 aliphatic rings. The van der Waals surface area contributed by atoms with Crippen LogP contribution < -0.4 is 4.74 Å². The second-order valence-corrected chi connectivity index (χ2v) is 3.94. The molecule has 1 N–H and O–H groups in total. The first-order chi connectivity index (χ1) is 8.16. The van der Waals surface area contributed by atoms with Crippen molar-refractivity contribution in [3.63, 3.8) is 0 Å². The van der Waals surface area contributed by atoms with Crippen molar-refractivity contribution in [2.45, 2.75) is 6.61 Å².